The number of ether oxygens (including phenoxy) is 1. The molecule has 0 saturated heterocycles. The van der Waals surface area contributed by atoms with Gasteiger partial charge in [0.15, 0.2) is 4.34 Å². The summed E-state index contributed by atoms with van der Waals surface area (Å²) < 4.78 is 33.6. The molecule has 1 aromatic heterocycles. The fourth-order valence-corrected chi connectivity index (χ4v) is 5.80. The van der Waals surface area contributed by atoms with Crippen molar-refractivity contribution in [2.24, 2.45) is 0 Å². The van der Waals surface area contributed by atoms with Crippen LogP contribution in [0.3, 0.4) is 0 Å². The monoisotopic (exact) mass is 462 g/mol. The number of rotatable bonds is 8. The summed E-state index contributed by atoms with van der Waals surface area (Å²) >= 11 is 3.03. The van der Waals surface area contributed by atoms with E-state index < -0.39 is 16.0 Å². The van der Waals surface area contributed by atoms with E-state index in [1.807, 2.05) is 35.7 Å². The van der Waals surface area contributed by atoms with Crippen LogP contribution in [0.2, 0.25) is 0 Å². The van der Waals surface area contributed by atoms with Gasteiger partial charge in [0.25, 0.3) is 0 Å². The second kappa shape index (κ2) is 9.74. The predicted octanol–water partition coefficient (Wildman–Crippen LogP) is 4.28. The van der Waals surface area contributed by atoms with E-state index >= 15 is 0 Å². The lowest BCUT2D eigenvalue weighted by molar-refractivity contribution is 0.0599. The molecule has 158 valence electrons. The van der Waals surface area contributed by atoms with E-state index in [-0.39, 0.29) is 17.0 Å². The van der Waals surface area contributed by atoms with Crippen molar-refractivity contribution < 1.29 is 17.9 Å². The Kier molecular flexibility index (Phi) is 7.30. The van der Waals surface area contributed by atoms with E-state index in [1.165, 1.54) is 36.3 Å². The number of esters is 1. The summed E-state index contributed by atoms with van der Waals surface area (Å²) in [6.45, 7) is 3.77. The zero-order valence-corrected chi connectivity index (χ0v) is 19.3. The van der Waals surface area contributed by atoms with E-state index in [1.54, 1.807) is 19.9 Å². The lowest BCUT2D eigenvalue weighted by atomic mass is 10.0. The largest absolute Gasteiger partial charge is 0.465 e. The van der Waals surface area contributed by atoms with Crippen molar-refractivity contribution in [3.8, 4) is 11.3 Å². The zero-order valence-electron chi connectivity index (χ0n) is 16.8. The fourth-order valence-electron chi connectivity index (χ4n) is 2.77. The maximum atomic E-state index is 12.7. The van der Waals surface area contributed by atoms with Gasteiger partial charge < -0.3 is 4.74 Å². The number of methoxy groups -OCH3 is 1. The maximum absolute atomic E-state index is 12.7. The molecule has 0 amide bonds. The van der Waals surface area contributed by atoms with Crippen LogP contribution in [0, 0.1) is 13.8 Å². The molecule has 0 atom stereocenters. The number of sulfonamides is 1. The van der Waals surface area contributed by atoms with E-state index in [0.717, 1.165) is 15.6 Å². The van der Waals surface area contributed by atoms with Crippen LogP contribution in [0.1, 0.15) is 21.5 Å². The van der Waals surface area contributed by atoms with Crippen molar-refractivity contribution in [1.29, 1.82) is 0 Å². The van der Waals surface area contributed by atoms with Crippen molar-refractivity contribution in [2.45, 2.75) is 23.1 Å². The molecule has 0 spiro atoms. The molecule has 2 aromatic carbocycles. The lowest BCUT2D eigenvalue weighted by Gasteiger charge is -2.12. The van der Waals surface area contributed by atoms with Crippen LogP contribution in [-0.4, -0.2) is 38.8 Å². The molecule has 3 aromatic rings. The molecule has 30 heavy (non-hydrogen) atoms. The van der Waals surface area contributed by atoms with Crippen molar-refractivity contribution in [3.63, 3.8) is 0 Å². The van der Waals surface area contributed by atoms with Crippen LogP contribution in [0.5, 0.6) is 0 Å². The Morgan fingerprint density at radius 2 is 1.93 bits per heavy atom. The fraction of sp³-hybridized carbons (Fsp3) is 0.238. The summed E-state index contributed by atoms with van der Waals surface area (Å²) in [5.41, 5.74) is 3.63. The molecule has 3 rings (SSSR count). The van der Waals surface area contributed by atoms with Crippen LogP contribution in [0.15, 0.2) is 57.1 Å². The zero-order chi connectivity index (χ0) is 21.7. The molecule has 0 unspecified atom stereocenters. The Morgan fingerprint density at radius 3 is 2.63 bits per heavy atom. The summed E-state index contributed by atoms with van der Waals surface area (Å²) in [5, 5.41) is 1.99. The number of hydrogen-bond acceptors (Lipinski definition) is 7. The smallest absolute Gasteiger partial charge is 0.338 e. The third-order valence-electron chi connectivity index (χ3n) is 4.53. The Labute approximate surface area is 184 Å². The summed E-state index contributed by atoms with van der Waals surface area (Å²) in [7, 11) is -2.47. The Bertz CT molecular complexity index is 1140. The molecule has 0 aliphatic heterocycles. The maximum Gasteiger partial charge on any atom is 0.338 e. The minimum atomic E-state index is -3.74. The van der Waals surface area contributed by atoms with E-state index in [4.69, 9.17) is 4.74 Å². The number of thiazole rings is 1. The van der Waals surface area contributed by atoms with Gasteiger partial charge in [0.05, 0.1) is 23.3 Å². The minimum absolute atomic E-state index is 0.0524. The molecular formula is C21H22N2O4S3. The van der Waals surface area contributed by atoms with Gasteiger partial charge in [0.1, 0.15) is 0 Å². The summed E-state index contributed by atoms with van der Waals surface area (Å²) in [6.07, 6.45) is 0. The number of carbonyl (C=O) groups is 1. The predicted molar refractivity (Wildman–Crippen MR) is 121 cm³/mol. The number of aryl methyl sites for hydroxylation is 1. The van der Waals surface area contributed by atoms with Crippen LogP contribution in [0.4, 0.5) is 0 Å². The van der Waals surface area contributed by atoms with Crippen molar-refractivity contribution in [1.82, 2.24) is 9.71 Å². The molecule has 0 saturated carbocycles. The van der Waals surface area contributed by atoms with Gasteiger partial charge in [-0.05, 0) is 37.1 Å². The first kappa shape index (κ1) is 22.5. The van der Waals surface area contributed by atoms with Crippen LogP contribution in [-0.2, 0) is 14.8 Å². The molecule has 0 aliphatic carbocycles. The number of hydrogen-bond donors (Lipinski definition) is 1. The molecular weight excluding hydrogens is 440 g/mol. The molecule has 9 heteroatoms. The standard InChI is InChI=1S/C21H22N2O4S3/c1-14-11-17(12-18(15(14)2)20(24)27-3)30(25,26)22-9-10-28-21-23-19(13-29-21)16-7-5-4-6-8-16/h4-8,11-13,22H,9-10H2,1-3H3. The molecule has 0 fully saturated rings. The number of nitrogens with zero attached hydrogens (tertiary/aromatic N) is 1. The normalized spacial score (nSPS) is 11.4. The van der Waals surface area contributed by atoms with E-state index in [2.05, 4.69) is 9.71 Å². The van der Waals surface area contributed by atoms with Crippen molar-refractivity contribution >= 4 is 39.1 Å². The van der Waals surface area contributed by atoms with Crippen molar-refractivity contribution in [3.05, 3.63) is 64.5 Å². The van der Waals surface area contributed by atoms with Crippen LogP contribution >= 0.6 is 23.1 Å². The van der Waals surface area contributed by atoms with Crippen LogP contribution in [0.25, 0.3) is 11.3 Å². The summed E-state index contributed by atoms with van der Waals surface area (Å²) in [4.78, 5) is 16.6. The Balaban J connectivity index is 1.62. The highest BCUT2D eigenvalue weighted by Crippen LogP contribution is 2.28. The third kappa shape index (κ3) is 5.28. The second-order valence-corrected chi connectivity index (χ2v) is 10.5. The van der Waals surface area contributed by atoms with Gasteiger partial charge in [-0.15, -0.1) is 11.3 Å². The van der Waals surface area contributed by atoms with Gasteiger partial charge in [-0.25, -0.2) is 22.9 Å². The average Bonchev–Trinajstić information content (AvgIpc) is 3.22. The van der Waals surface area contributed by atoms with Crippen LogP contribution < -0.4 is 4.72 Å². The second-order valence-electron chi connectivity index (χ2n) is 6.52. The van der Waals surface area contributed by atoms with Gasteiger partial charge in [-0.1, -0.05) is 42.1 Å². The average molecular weight is 463 g/mol. The first-order valence-corrected chi connectivity index (χ1v) is 12.5. The lowest BCUT2D eigenvalue weighted by Crippen LogP contribution is -2.26. The summed E-state index contributed by atoms with van der Waals surface area (Å²) in [5.74, 6) is -0.0171. The first-order chi connectivity index (χ1) is 14.3. The molecule has 0 radical (unpaired) electrons. The molecule has 1 N–H and O–H groups in total. The number of benzene rings is 2. The highest BCUT2D eigenvalue weighted by molar-refractivity contribution is 8.01. The SMILES string of the molecule is COC(=O)c1cc(S(=O)(=O)NCCSc2nc(-c3ccccc3)cs2)cc(C)c1C. The van der Waals surface area contributed by atoms with Gasteiger partial charge in [-0.3, -0.25) is 0 Å². The minimum Gasteiger partial charge on any atom is -0.465 e. The Morgan fingerprint density at radius 1 is 1.20 bits per heavy atom. The summed E-state index contributed by atoms with van der Waals surface area (Å²) in [6, 6.07) is 12.8. The quantitative estimate of drug-likeness (QED) is 0.305. The third-order valence-corrected chi connectivity index (χ3v) is 7.99. The first-order valence-electron chi connectivity index (χ1n) is 9.15. The molecule has 1 heterocycles. The Hall–Kier alpha value is -2.20. The molecule has 0 bridgehead atoms. The number of aromatic nitrogens is 1. The number of thioether (sulfide) groups is 1. The highest BCUT2D eigenvalue weighted by atomic mass is 32.2. The van der Waals surface area contributed by atoms with Crippen molar-refractivity contribution in [2.75, 3.05) is 19.4 Å². The van der Waals surface area contributed by atoms with Gasteiger partial charge >= 0.3 is 5.97 Å². The van der Waals surface area contributed by atoms with Gasteiger partial charge in [0, 0.05) is 23.2 Å². The topological polar surface area (TPSA) is 85.4 Å². The molecule has 6 nitrogen and oxygen atoms in total. The number of nitrogens with one attached hydrogen (secondary N) is 1. The van der Waals surface area contributed by atoms with Gasteiger partial charge in [-0.2, -0.15) is 0 Å². The number of carbonyl (C=O) groups excluding carboxylic acids is 1. The molecule has 0 aliphatic rings. The highest BCUT2D eigenvalue weighted by Gasteiger charge is 2.20. The van der Waals surface area contributed by atoms with E-state index in [9.17, 15) is 13.2 Å². The van der Waals surface area contributed by atoms with E-state index in [0.29, 0.717) is 16.9 Å². The van der Waals surface area contributed by atoms with Gasteiger partial charge in [0.2, 0.25) is 10.0 Å².